The van der Waals surface area contributed by atoms with Gasteiger partial charge in [-0.05, 0) is 27.2 Å². The molecule has 0 aromatic carbocycles. The molecule has 0 heterocycles. The summed E-state index contributed by atoms with van der Waals surface area (Å²) in [7, 11) is 0. The van der Waals surface area contributed by atoms with Gasteiger partial charge in [0, 0.05) is 11.5 Å². The fourth-order valence-electron chi connectivity index (χ4n) is 1.54. The van der Waals surface area contributed by atoms with E-state index in [0.717, 1.165) is 6.42 Å². The molecule has 1 fully saturated rings. The molecule has 0 aromatic heterocycles. The normalized spacial score (nSPS) is 31.8. The lowest BCUT2D eigenvalue weighted by Gasteiger charge is -2.51. The van der Waals surface area contributed by atoms with Crippen molar-refractivity contribution in [2.45, 2.75) is 58.8 Å². The van der Waals surface area contributed by atoms with Crippen LogP contribution in [0.5, 0.6) is 0 Å². The SMILES string of the molecule is CC(C)(C)O[C@@H]1C[C@H](N)C1(C)C.Cl. The molecule has 3 heteroatoms. The summed E-state index contributed by atoms with van der Waals surface area (Å²) in [5.74, 6) is 0. The van der Waals surface area contributed by atoms with E-state index in [1.54, 1.807) is 0 Å². The van der Waals surface area contributed by atoms with Gasteiger partial charge in [0.15, 0.2) is 0 Å². The van der Waals surface area contributed by atoms with Crippen LogP contribution < -0.4 is 5.73 Å². The Morgan fingerprint density at radius 1 is 1.31 bits per heavy atom. The Morgan fingerprint density at radius 3 is 2.00 bits per heavy atom. The number of ether oxygens (including phenoxy) is 1. The minimum atomic E-state index is -0.0396. The van der Waals surface area contributed by atoms with Gasteiger partial charge >= 0.3 is 0 Å². The Bertz CT molecular complexity index is 174. The Hall–Kier alpha value is 0.210. The van der Waals surface area contributed by atoms with Gasteiger partial charge in [-0.15, -0.1) is 12.4 Å². The maximum Gasteiger partial charge on any atom is 0.0662 e. The van der Waals surface area contributed by atoms with Gasteiger partial charge < -0.3 is 10.5 Å². The molecule has 0 aliphatic heterocycles. The molecule has 0 aromatic rings. The predicted octanol–water partition coefficient (Wildman–Crippen LogP) is 2.35. The van der Waals surface area contributed by atoms with Crippen LogP contribution in [-0.4, -0.2) is 17.7 Å². The first kappa shape index (κ1) is 13.2. The molecule has 1 rings (SSSR count). The third kappa shape index (κ3) is 2.83. The van der Waals surface area contributed by atoms with E-state index < -0.39 is 0 Å². The Balaban J connectivity index is 0.00000144. The summed E-state index contributed by atoms with van der Waals surface area (Å²) in [5, 5.41) is 0. The summed E-state index contributed by atoms with van der Waals surface area (Å²) in [4.78, 5) is 0. The largest absolute Gasteiger partial charge is 0.372 e. The molecule has 2 nitrogen and oxygen atoms in total. The Morgan fingerprint density at radius 2 is 1.77 bits per heavy atom. The summed E-state index contributed by atoms with van der Waals surface area (Å²) in [6.45, 7) is 10.6. The molecule has 0 bridgehead atoms. The lowest BCUT2D eigenvalue weighted by atomic mass is 9.65. The zero-order chi connectivity index (χ0) is 9.57. The number of rotatable bonds is 1. The average molecular weight is 208 g/mol. The first-order valence-corrected chi connectivity index (χ1v) is 4.67. The van der Waals surface area contributed by atoms with Gasteiger partial charge in [-0.3, -0.25) is 0 Å². The fourth-order valence-corrected chi connectivity index (χ4v) is 1.54. The van der Waals surface area contributed by atoms with E-state index in [0.29, 0.717) is 12.1 Å². The van der Waals surface area contributed by atoms with E-state index in [1.807, 2.05) is 0 Å². The second kappa shape index (κ2) is 3.76. The second-order valence-corrected chi connectivity index (χ2v) is 5.38. The Kier molecular flexibility index (Phi) is 3.82. The number of nitrogens with two attached hydrogens (primary N) is 1. The molecule has 0 spiro atoms. The standard InChI is InChI=1S/C10H21NO.ClH/c1-9(2,3)12-8-6-7(11)10(8,4)5;/h7-8H,6,11H2,1-5H3;1H/t7-,8+;/m0./s1. The molecule has 80 valence electrons. The van der Waals surface area contributed by atoms with Gasteiger partial charge in [0.25, 0.3) is 0 Å². The molecule has 0 amide bonds. The number of halogens is 1. The first-order valence-electron chi connectivity index (χ1n) is 4.67. The van der Waals surface area contributed by atoms with E-state index in [-0.39, 0.29) is 23.4 Å². The van der Waals surface area contributed by atoms with Gasteiger partial charge in [-0.2, -0.15) is 0 Å². The molecule has 1 saturated carbocycles. The van der Waals surface area contributed by atoms with Crippen molar-refractivity contribution in [2.75, 3.05) is 0 Å². The molecule has 2 atom stereocenters. The lowest BCUT2D eigenvalue weighted by molar-refractivity contribution is -0.166. The quantitative estimate of drug-likeness (QED) is 0.717. The van der Waals surface area contributed by atoms with Crippen molar-refractivity contribution in [3.05, 3.63) is 0 Å². The van der Waals surface area contributed by atoms with Crippen molar-refractivity contribution in [1.82, 2.24) is 0 Å². The van der Waals surface area contributed by atoms with Gasteiger partial charge in [-0.1, -0.05) is 13.8 Å². The maximum atomic E-state index is 5.89. The lowest BCUT2D eigenvalue weighted by Crippen LogP contribution is -2.60. The highest BCUT2D eigenvalue weighted by molar-refractivity contribution is 5.85. The molecule has 0 radical (unpaired) electrons. The van der Waals surface area contributed by atoms with Crippen molar-refractivity contribution < 1.29 is 4.74 Å². The predicted molar refractivity (Wildman–Crippen MR) is 58.2 cm³/mol. The topological polar surface area (TPSA) is 35.2 Å². The van der Waals surface area contributed by atoms with E-state index in [4.69, 9.17) is 10.5 Å². The fraction of sp³-hybridized carbons (Fsp3) is 1.00. The van der Waals surface area contributed by atoms with Crippen molar-refractivity contribution >= 4 is 12.4 Å². The van der Waals surface area contributed by atoms with Crippen LogP contribution in [0, 0.1) is 5.41 Å². The van der Waals surface area contributed by atoms with Gasteiger partial charge in [0.2, 0.25) is 0 Å². The number of hydrogen-bond acceptors (Lipinski definition) is 2. The monoisotopic (exact) mass is 207 g/mol. The highest BCUT2D eigenvalue weighted by Crippen LogP contribution is 2.42. The highest BCUT2D eigenvalue weighted by Gasteiger charge is 2.48. The van der Waals surface area contributed by atoms with E-state index in [9.17, 15) is 0 Å². The van der Waals surface area contributed by atoms with Crippen LogP contribution in [0.25, 0.3) is 0 Å². The van der Waals surface area contributed by atoms with Crippen LogP contribution in [-0.2, 0) is 4.74 Å². The number of hydrogen-bond donors (Lipinski definition) is 1. The van der Waals surface area contributed by atoms with Crippen LogP contribution in [0.1, 0.15) is 41.0 Å². The van der Waals surface area contributed by atoms with E-state index >= 15 is 0 Å². The van der Waals surface area contributed by atoms with Gasteiger partial charge in [-0.25, -0.2) is 0 Å². The van der Waals surface area contributed by atoms with E-state index in [1.165, 1.54) is 0 Å². The van der Waals surface area contributed by atoms with E-state index in [2.05, 4.69) is 34.6 Å². The van der Waals surface area contributed by atoms with Crippen LogP contribution in [0.3, 0.4) is 0 Å². The molecule has 2 N–H and O–H groups in total. The molecule has 13 heavy (non-hydrogen) atoms. The molecule has 1 aliphatic rings. The van der Waals surface area contributed by atoms with Crippen LogP contribution in [0.4, 0.5) is 0 Å². The molecule has 0 saturated heterocycles. The third-order valence-corrected chi connectivity index (χ3v) is 2.75. The zero-order valence-electron chi connectivity index (χ0n) is 9.26. The zero-order valence-corrected chi connectivity index (χ0v) is 10.1. The summed E-state index contributed by atoms with van der Waals surface area (Å²) >= 11 is 0. The highest BCUT2D eigenvalue weighted by atomic mass is 35.5. The maximum absolute atomic E-state index is 5.89. The third-order valence-electron chi connectivity index (χ3n) is 2.75. The van der Waals surface area contributed by atoms with Crippen molar-refractivity contribution in [1.29, 1.82) is 0 Å². The van der Waals surface area contributed by atoms with Crippen molar-refractivity contribution in [3.63, 3.8) is 0 Å². The van der Waals surface area contributed by atoms with Gasteiger partial charge in [0.1, 0.15) is 0 Å². The summed E-state index contributed by atoms with van der Waals surface area (Å²) < 4.78 is 5.88. The molecule has 1 aliphatic carbocycles. The minimum Gasteiger partial charge on any atom is -0.372 e. The summed E-state index contributed by atoms with van der Waals surface area (Å²) in [6.07, 6.45) is 1.34. The van der Waals surface area contributed by atoms with Crippen molar-refractivity contribution in [2.24, 2.45) is 11.1 Å². The summed E-state index contributed by atoms with van der Waals surface area (Å²) in [5.41, 5.74) is 6.01. The van der Waals surface area contributed by atoms with Crippen molar-refractivity contribution in [3.8, 4) is 0 Å². The van der Waals surface area contributed by atoms with Gasteiger partial charge in [0.05, 0.1) is 11.7 Å². The van der Waals surface area contributed by atoms with Crippen LogP contribution in [0.2, 0.25) is 0 Å². The average Bonchev–Trinajstić information content (AvgIpc) is 1.84. The Labute approximate surface area is 87.6 Å². The smallest absolute Gasteiger partial charge is 0.0662 e. The molecular formula is C10H22ClNO. The minimum absolute atomic E-state index is 0. The second-order valence-electron chi connectivity index (χ2n) is 5.38. The van der Waals surface area contributed by atoms with Crippen LogP contribution >= 0.6 is 12.4 Å². The molecular weight excluding hydrogens is 186 g/mol. The summed E-state index contributed by atoms with van der Waals surface area (Å²) in [6, 6.07) is 0.310. The van der Waals surface area contributed by atoms with Crippen LogP contribution in [0.15, 0.2) is 0 Å². The molecule has 0 unspecified atom stereocenters. The first-order chi connectivity index (χ1) is 5.23.